The highest BCUT2D eigenvalue weighted by atomic mass is 35.5. The zero-order chi connectivity index (χ0) is 25.9. The Hall–Kier alpha value is -2.19. The number of nitrogens with zero attached hydrogens (tertiary/aromatic N) is 4. The summed E-state index contributed by atoms with van der Waals surface area (Å²) in [4.78, 5) is 9.71. The molecule has 0 N–H and O–H groups in total. The fraction of sp³-hybridized carbons (Fsp3) is 0.350. The third kappa shape index (κ3) is 5.89. The largest absolute Gasteiger partial charge is 0.303 e. The average molecular weight is 549 g/mol. The van der Waals surface area contributed by atoms with Crippen LogP contribution in [0, 0.1) is 17.0 Å². The van der Waals surface area contributed by atoms with E-state index in [1.807, 2.05) is 0 Å². The Labute approximate surface area is 209 Å². The summed E-state index contributed by atoms with van der Waals surface area (Å²) in [6.45, 7) is 7.85. The minimum atomic E-state index is -4.44. The highest BCUT2D eigenvalue weighted by Crippen LogP contribution is 2.30. The number of nitro groups is 1. The fourth-order valence-electron chi connectivity index (χ4n) is 3.19. The van der Waals surface area contributed by atoms with Gasteiger partial charge < -0.3 is 9.12 Å². The van der Waals surface area contributed by atoms with Crippen molar-refractivity contribution >= 4 is 55.9 Å². The molecule has 186 valence electrons. The van der Waals surface area contributed by atoms with Crippen LogP contribution in [0.15, 0.2) is 55.5 Å². The van der Waals surface area contributed by atoms with Gasteiger partial charge in [0, 0.05) is 22.1 Å². The SMILES string of the molecule is CC[N+](CC)(CC)/C(=N/S(=O)(=O)c1cc(C)c(Cl)cc1S)[N-]S(=O)(=O)c1ccc([N+](=O)[O-])cc1. The Kier molecular flexibility index (Phi) is 8.75. The summed E-state index contributed by atoms with van der Waals surface area (Å²) in [5, 5.41) is 11.2. The topological polar surface area (TPSA) is 138 Å². The van der Waals surface area contributed by atoms with Gasteiger partial charge in [-0.1, -0.05) is 11.6 Å². The van der Waals surface area contributed by atoms with Crippen molar-refractivity contribution in [2.24, 2.45) is 4.40 Å². The van der Waals surface area contributed by atoms with Crippen LogP contribution in [0.5, 0.6) is 0 Å². The summed E-state index contributed by atoms with van der Waals surface area (Å²) in [5.74, 6) is -0.425. The van der Waals surface area contributed by atoms with Gasteiger partial charge in [-0.05, 0) is 57.5 Å². The maximum absolute atomic E-state index is 13.2. The molecule has 0 aliphatic rings. The van der Waals surface area contributed by atoms with E-state index in [0.29, 0.717) is 30.2 Å². The van der Waals surface area contributed by atoms with Gasteiger partial charge in [0.2, 0.25) is 20.0 Å². The first-order chi connectivity index (χ1) is 15.7. The van der Waals surface area contributed by atoms with Crippen LogP contribution in [0.1, 0.15) is 26.3 Å². The minimum Gasteiger partial charge on any atom is -0.303 e. The summed E-state index contributed by atoms with van der Waals surface area (Å²) in [6, 6.07) is 6.81. The fourth-order valence-corrected chi connectivity index (χ4v) is 6.21. The van der Waals surface area contributed by atoms with Crippen LogP contribution >= 0.6 is 24.2 Å². The van der Waals surface area contributed by atoms with Gasteiger partial charge in [-0.25, -0.2) is 16.8 Å². The van der Waals surface area contributed by atoms with E-state index in [4.69, 9.17) is 11.6 Å². The highest BCUT2D eigenvalue weighted by molar-refractivity contribution is 7.95. The number of halogens is 1. The van der Waals surface area contributed by atoms with Crippen LogP contribution in [-0.2, 0) is 20.0 Å². The van der Waals surface area contributed by atoms with Crippen molar-refractivity contribution in [2.45, 2.75) is 42.4 Å². The lowest BCUT2D eigenvalue weighted by Gasteiger charge is -2.40. The van der Waals surface area contributed by atoms with E-state index < -0.39 is 30.9 Å². The number of aryl methyl sites for hydroxylation is 1. The molecule has 2 rings (SSSR count). The molecule has 0 radical (unpaired) electrons. The third-order valence-electron chi connectivity index (χ3n) is 5.51. The van der Waals surface area contributed by atoms with Crippen molar-refractivity contribution in [3.8, 4) is 0 Å². The molecule has 34 heavy (non-hydrogen) atoms. The van der Waals surface area contributed by atoms with Crippen molar-refractivity contribution in [1.29, 1.82) is 0 Å². The Morgan fingerprint density at radius 1 is 1.09 bits per heavy atom. The van der Waals surface area contributed by atoms with Gasteiger partial charge in [-0.15, -0.1) is 12.6 Å². The first-order valence-electron chi connectivity index (χ1n) is 10.2. The van der Waals surface area contributed by atoms with Gasteiger partial charge in [0.1, 0.15) is 5.96 Å². The second kappa shape index (κ2) is 10.6. The number of thiol groups is 1. The smallest absolute Gasteiger partial charge is 0.269 e. The van der Waals surface area contributed by atoms with Gasteiger partial charge in [0.05, 0.1) is 34.3 Å². The molecule has 2 aromatic rings. The Morgan fingerprint density at radius 2 is 1.62 bits per heavy atom. The lowest BCUT2D eigenvalue weighted by Crippen LogP contribution is -2.52. The van der Waals surface area contributed by atoms with Crippen molar-refractivity contribution in [3.63, 3.8) is 0 Å². The molecule has 14 heteroatoms. The summed E-state index contributed by atoms with van der Waals surface area (Å²) in [7, 11) is -8.87. The zero-order valence-corrected chi connectivity index (χ0v) is 22.2. The zero-order valence-electron chi connectivity index (χ0n) is 19.0. The molecule has 0 spiro atoms. The molecule has 2 aromatic carbocycles. The normalized spacial score (nSPS) is 13.1. The number of hydrogen-bond donors (Lipinski definition) is 1. The van der Waals surface area contributed by atoms with Crippen LogP contribution in [0.4, 0.5) is 5.69 Å². The Bertz CT molecular complexity index is 1310. The van der Waals surface area contributed by atoms with E-state index in [9.17, 15) is 26.9 Å². The van der Waals surface area contributed by atoms with Crippen molar-refractivity contribution in [2.75, 3.05) is 19.6 Å². The molecular formula is C20H25ClN4O6S3. The molecule has 0 saturated carbocycles. The number of hydrogen-bond acceptors (Lipinski definition) is 7. The van der Waals surface area contributed by atoms with Gasteiger partial charge >= 0.3 is 0 Å². The third-order valence-corrected chi connectivity index (χ3v) is 9.00. The van der Waals surface area contributed by atoms with E-state index in [0.717, 1.165) is 24.3 Å². The minimum absolute atomic E-state index is 0.0551. The predicted octanol–water partition coefficient (Wildman–Crippen LogP) is 4.53. The Morgan fingerprint density at radius 3 is 2.09 bits per heavy atom. The first kappa shape index (κ1) is 28.1. The predicted molar refractivity (Wildman–Crippen MR) is 134 cm³/mol. The summed E-state index contributed by atoms with van der Waals surface area (Å²) < 4.78 is 60.1. The number of non-ortho nitro benzene ring substituents is 1. The monoisotopic (exact) mass is 548 g/mol. The van der Waals surface area contributed by atoms with Gasteiger partial charge in [0.15, 0.2) is 0 Å². The number of rotatable bonds is 8. The number of nitro benzene ring substituents is 1. The molecule has 0 aromatic heterocycles. The average Bonchev–Trinajstić information content (AvgIpc) is 2.77. The van der Waals surface area contributed by atoms with Gasteiger partial charge in [-0.3, -0.25) is 14.6 Å². The van der Waals surface area contributed by atoms with Crippen molar-refractivity contribution < 1.29 is 26.2 Å². The highest BCUT2D eigenvalue weighted by Gasteiger charge is 2.29. The molecule has 0 aliphatic carbocycles. The molecule has 0 amide bonds. The second-order valence-corrected chi connectivity index (χ2v) is 11.4. The second-order valence-electron chi connectivity index (χ2n) is 7.35. The molecule has 0 fully saturated rings. The first-order valence-corrected chi connectivity index (χ1v) is 13.9. The molecule has 0 bridgehead atoms. The van der Waals surface area contributed by atoms with Crippen LogP contribution in [0.2, 0.25) is 5.02 Å². The molecular weight excluding hydrogens is 524 g/mol. The standard InChI is InChI=1S/C20H25ClN4O6S3/c1-5-25(6-2,7-3)20(22-33(28,29)16-10-8-15(9-11-16)24(26)27)23-34(30,31)19-12-14(4)17(21)13-18(19)32/h8-13H,5-7H2,1-4H3,(H-,22,23,32). The van der Waals surface area contributed by atoms with E-state index in [2.05, 4.69) is 21.7 Å². The summed E-state index contributed by atoms with van der Waals surface area (Å²) in [5.41, 5.74) is 0.183. The number of sulfonamides is 2. The van der Waals surface area contributed by atoms with Crippen molar-refractivity contribution in [3.05, 3.63) is 61.8 Å². The molecule has 0 atom stereocenters. The van der Waals surface area contributed by atoms with Crippen LogP contribution in [-0.4, -0.2) is 51.8 Å². The van der Waals surface area contributed by atoms with Crippen molar-refractivity contribution in [1.82, 2.24) is 0 Å². The van der Waals surface area contributed by atoms with E-state index in [-0.39, 0.29) is 24.9 Å². The molecule has 10 nitrogen and oxygen atoms in total. The van der Waals surface area contributed by atoms with Crippen LogP contribution < -0.4 is 0 Å². The molecule has 0 saturated heterocycles. The molecule has 0 aliphatic heterocycles. The Balaban J connectivity index is 2.68. The van der Waals surface area contributed by atoms with Gasteiger partial charge in [-0.2, -0.15) is 0 Å². The maximum atomic E-state index is 13.2. The lowest BCUT2D eigenvalue weighted by molar-refractivity contribution is -0.835. The quantitative estimate of drug-likeness (QED) is 0.128. The maximum Gasteiger partial charge on any atom is 0.269 e. The van der Waals surface area contributed by atoms with Gasteiger partial charge in [0.25, 0.3) is 5.69 Å². The summed E-state index contributed by atoms with van der Waals surface area (Å²) >= 11 is 10.2. The number of guanidine groups is 1. The van der Waals surface area contributed by atoms with E-state index in [1.54, 1.807) is 27.7 Å². The van der Waals surface area contributed by atoms with Crippen LogP contribution in [0.25, 0.3) is 4.72 Å². The van der Waals surface area contributed by atoms with E-state index >= 15 is 0 Å². The molecule has 0 heterocycles. The van der Waals surface area contributed by atoms with Crippen LogP contribution in [0.3, 0.4) is 0 Å². The van der Waals surface area contributed by atoms with E-state index in [1.165, 1.54) is 12.1 Å². The lowest BCUT2D eigenvalue weighted by atomic mass is 10.2. The number of quaternary nitrogens is 1. The summed E-state index contributed by atoms with van der Waals surface area (Å²) in [6.07, 6.45) is 0. The number of benzene rings is 2. The molecule has 0 unspecified atom stereocenters.